The molecule has 1 aromatic heterocycles. The molecule has 3 unspecified atom stereocenters. The van der Waals surface area contributed by atoms with E-state index in [4.69, 9.17) is 8.97 Å². The van der Waals surface area contributed by atoms with Crippen LogP contribution in [0.2, 0.25) is 0 Å². The van der Waals surface area contributed by atoms with Gasteiger partial charge in [-0.25, -0.2) is 4.21 Å². The number of amides is 1. The lowest BCUT2D eigenvalue weighted by Gasteiger charge is -2.15. The zero-order chi connectivity index (χ0) is 13.4. The maximum absolute atomic E-state index is 12.2. The van der Waals surface area contributed by atoms with E-state index in [0.29, 0.717) is 17.5 Å². The SMILES string of the molecule is O=C(c1cc(NS(=O)O)co1)N1CC2CNCC2C1. The van der Waals surface area contributed by atoms with Crippen LogP contribution in [0.5, 0.6) is 0 Å². The van der Waals surface area contributed by atoms with Crippen LogP contribution in [-0.4, -0.2) is 45.7 Å². The quantitative estimate of drug-likeness (QED) is 0.686. The predicted molar refractivity (Wildman–Crippen MR) is 68.9 cm³/mol. The number of furan rings is 1. The van der Waals surface area contributed by atoms with E-state index >= 15 is 0 Å². The highest BCUT2D eigenvalue weighted by Gasteiger charge is 2.38. The summed E-state index contributed by atoms with van der Waals surface area (Å²) < 4.78 is 26.7. The molecule has 7 nitrogen and oxygen atoms in total. The van der Waals surface area contributed by atoms with Crippen molar-refractivity contribution in [3.8, 4) is 0 Å². The van der Waals surface area contributed by atoms with Crippen molar-refractivity contribution in [1.29, 1.82) is 0 Å². The number of anilines is 1. The Morgan fingerprint density at radius 1 is 1.47 bits per heavy atom. The maximum Gasteiger partial charge on any atom is 0.289 e. The van der Waals surface area contributed by atoms with E-state index in [2.05, 4.69) is 10.0 Å². The Balaban J connectivity index is 1.67. The summed E-state index contributed by atoms with van der Waals surface area (Å²) >= 11 is -2.17. The van der Waals surface area contributed by atoms with E-state index in [1.54, 1.807) is 4.90 Å². The molecule has 2 aliphatic heterocycles. The minimum absolute atomic E-state index is 0.161. The molecule has 0 saturated carbocycles. The molecule has 2 saturated heterocycles. The Morgan fingerprint density at radius 3 is 2.79 bits per heavy atom. The Bertz CT molecular complexity index is 506. The van der Waals surface area contributed by atoms with Gasteiger partial charge in [-0.2, -0.15) is 0 Å². The molecule has 3 heterocycles. The number of hydrogen-bond donors (Lipinski definition) is 3. The van der Waals surface area contributed by atoms with Gasteiger partial charge >= 0.3 is 0 Å². The fraction of sp³-hybridized carbons (Fsp3) is 0.545. The fourth-order valence-corrected chi connectivity index (χ4v) is 3.09. The molecule has 0 radical (unpaired) electrons. The Morgan fingerprint density at radius 2 is 2.16 bits per heavy atom. The van der Waals surface area contributed by atoms with E-state index in [1.807, 2.05) is 0 Å². The topological polar surface area (TPSA) is 94.8 Å². The smallest absolute Gasteiger partial charge is 0.289 e. The first-order chi connectivity index (χ1) is 9.13. The monoisotopic (exact) mass is 285 g/mol. The molecule has 2 aliphatic rings. The maximum atomic E-state index is 12.2. The molecule has 3 atom stereocenters. The lowest BCUT2D eigenvalue weighted by atomic mass is 10.0. The number of rotatable bonds is 3. The van der Waals surface area contributed by atoms with Crippen molar-refractivity contribution < 1.29 is 18.0 Å². The van der Waals surface area contributed by atoms with Crippen molar-refractivity contribution in [2.45, 2.75) is 0 Å². The van der Waals surface area contributed by atoms with Crippen LogP contribution in [0.15, 0.2) is 16.7 Å². The van der Waals surface area contributed by atoms with E-state index in [1.165, 1.54) is 12.3 Å². The molecule has 8 heteroatoms. The van der Waals surface area contributed by atoms with E-state index in [-0.39, 0.29) is 11.7 Å². The number of hydrogen-bond acceptors (Lipinski definition) is 4. The summed E-state index contributed by atoms with van der Waals surface area (Å²) in [7, 11) is 0. The number of nitrogens with zero attached hydrogens (tertiary/aromatic N) is 1. The largest absolute Gasteiger partial charge is 0.457 e. The Labute approximate surface area is 112 Å². The second kappa shape index (κ2) is 4.95. The first-order valence-corrected chi connectivity index (χ1v) is 7.20. The van der Waals surface area contributed by atoms with Gasteiger partial charge in [0.2, 0.25) is 0 Å². The normalized spacial score (nSPS) is 27.3. The van der Waals surface area contributed by atoms with Gasteiger partial charge in [-0.3, -0.25) is 14.1 Å². The summed E-state index contributed by atoms with van der Waals surface area (Å²) in [6, 6.07) is 1.45. The predicted octanol–water partition coefficient (Wildman–Crippen LogP) is 0.120. The third-order valence-corrected chi connectivity index (χ3v) is 4.10. The molecular formula is C11H15N3O4S. The minimum atomic E-state index is -2.17. The second-order valence-corrected chi connectivity index (χ2v) is 5.64. The van der Waals surface area contributed by atoms with Crippen LogP contribution in [0.25, 0.3) is 0 Å². The van der Waals surface area contributed by atoms with Gasteiger partial charge in [-0.1, -0.05) is 0 Å². The van der Waals surface area contributed by atoms with Gasteiger partial charge in [-0.15, -0.1) is 0 Å². The molecule has 0 aliphatic carbocycles. The molecule has 1 amide bonds. The molecule has 0 aromatic carbocycles. The molecule has 1 aromatic rings. The van der Waals surface area contributed by atoms with E-state index in [9.17, 15) is 9.00 Å². The van der Waals surface area contributed by atoms with Crippen molar-refractivity contribution >= 4 is 22.9 Å². The van der Waals surface area contributed by atoms with Gasteiger partial charge in [0.15, 0.2) is 5.76 Å². The minimum Gasteiger partial charge on any atom is -0.457 e. The number of nitrogens with one attached hydrogen (secondary N) is 2. The van der Waals surface area contributed by atoms with Crippen LogP contribution < -0.4 is 10.0 Å². The van der Waals surface area contributed by atoms with Crippen molar-refractivity contribution in [2.75, 3.05) is 30.9 Å². The summed E-state index contributed by atoms with van der Waals surface area (Å²) in [4.78, 5) is 14.0. The lowest BCUT2D eigenvalue weighted by molar-refractivity contribution is 0.0750. The summed E-state index contributed by atoms with van der Waals surface area (Å²) in [5, 5.41) is 3.32. The summed E-state index contributed by atoms with van der Waals surface area (Å²) in [6.45, 7) is 3.41. The third kappa shape index (κ3) is 2.51. The van der Waals surface area contributed by atoms with Gasteiger partial charge < -0.3 is 14.6 Å². The third-order valence-electron chi connectivity index (χ3n) is 3.69. The molecule has 2 fully saturated rings. The van der Waals surface area contributed by atoms with Crippen LogP contribution in [0.4, 0.5) is 5.69 Å². The van der Waals surface area contributed by atoms with Gasteiger partial charge in [0, 0.05) is 32.2 Å². The molecule has 19 heavy (non-hydrogen) atoms. The number of likely N-dealkylation sites (tertiary alicyclic amines) is 1. The second-order valence-electron chi connectivity index (χ2n) is 4.94. The summed E-state index contributed by atoms with van der Waals surface area (Å²) in [5.41, 5.74) is 0.324. The van der Waals surface area contributed by atoms with Crippen molar-refractivity contribution in [3.63, 3.8) is 0 Å². The number of carbonyl (C=O) groups is 1. The van der Waals surface area contributed by atoms with E-state index in [0.717, 1.165) is 26.2 Å². The fourth-order valence-electron chi connectivity index (χ4n) is 2.78. The average molecular weight is 285 g/mol. The molecule has 3 rings (SSSR count). The number of carbonyl (C=O) groups excluding carboxylic acids is 1. The van der Waals surface area contributed by atoms with Crippen molar-refractivity contribution in [3.05, 3.63) is 18.1 Å². The van der Waals surface area contributed by atoms with Gasteiger partial charge in [0.25, 0.3) is 17.2 Å². The highest BCUT2D eigenvalue weighted by atomic mass is 32.2. The lowest BCUT2D eigenvalue weighted by Crippen LogP contribution is -2.31. The highest BCUT2D eigenvalue weighted by molar-refractivity contribution is 7.80. The Hall–Kier alpha value is -1.38. The molecular weight excluding hydrogens is 270 g/mol. The van der Waals surface area contributed by atoms with Gasteiger partial charge in [0.05, 0.1) is 5.69 Å². The van der Waals surface area contributed by atoms with E-state index < -0.39 is 11.3 Å². The first kappa shape index (κ1) is 12.6. The van der Waals surface area contributed by atoms with Crippen LogP contribution in [0, 0.1) is 11.8 Å². The van der Waals surface area contributed by atoms with Crippen molar-refractivity contribution in [2.24, 2.45) is 11.8 Å². The molecule has 0 bridgehead atoms. The van der Waals surface area contributed by atoms with Crippen molar-refractivity contribution in [1.82, 2.24) is 10.2 Å². The summed E-state index contributed by atoms with van der Waals surface area (Å²) in [6.07, 6.45) is 1.26. The van der Waals surface area contributed by atoms with Crippen LogP contribution >= 0.6 is 0 Å². The first-order valence-electron chi connectivity index (χ1n) is 6.09. The summed E-state index contributed by atoms with van der Waals surface area (Å²) in [5.74, 6) is 1.09. The average Bonchev–Trinajstić information content (AvgIpc) is 2.99. The molecule has 0 spiro atoms. The number of fused-ring (bicyclic) bond motifs is 1. The van der Waals surface area contributed by atoms with Gasteiger partial charge in [0.1, 0.15) is 6.26 Å². The highest BCUT2D eigenvalue weighted by Crippen LogP contribution is 2.28. The van der Waals surface area contributed by atoms with Crippen LogP contribution in [0.1, 0.15) is 10.6 Å². The van der Waals surface area contributed by atoms with Crippen LogP contribution in [-0.2, 0) is 11.3 Å². The van der Waals surface area contributed by atoms with Crippen LogP contribution in [0.3, 0.4) is 0 Å². The van der Waals surface area contributed by atoms with Gasteiger partial charge in [-0.05, 0) is 11.8 Å². The zero-order valence-corrected chi connectivity index (χ0v) is 11.0. The zero-order valence-electron chi connectivity index (χ0n) is 10.2. The molecule has 104 valence electrons. The Kier molecular flexibility index (Phi) is 3.29. The molecule has 3 N–H and O–H groups in total. The standard InChI is InChI=1S/C11H15N3O4S/c15-11(10-1-9(6-18-10)13-19(16)17)14-4-7-2-12-3-8(7)5-14/h1,6-8,12-13H,2-5H2,(H,16,17).